The highest BCUT2D eigenvalue weighted by Crippen LogP contribution is 2.28. The second kappa shape index (κ2) is 6.58. The fourth-order valence-electron chi connectivity index (χ4n) is 3.54. The monoisotopic (exact) mass is 287 g/mol. The normalized spacial score (nSPS) is 25.0. The van der Waals surface area contributed by atoms with Gasteiger partial charge in [0.25, 0.3) is 0 Å². The van der Waals surface area contributed by atoms with Gasteiger partial charge in [-0.15, -0.1) is 0 Å². The van der Waals surface area contributed by atoms with Gasteiger partial charge >= 0.3 is 0 Å². The molecule has 2 fully saturated rings. The lowest BCUT2D eigenvalue weighted by Gasteiger charge is -2.37. The molecule has 2 atom stereocenters. The third-order valence-corrected chi connectivity index (χ3v) is 4.69. The number of carbonyl (C=O) groups is 1. The second-order valence-electron chi connectivity index (χ2n) is 6.15. The van der Waals surface area contributed by atoms with Crippen molar-refractivity contribution in [1.29, 1.82) is 0 Å². The molecule has 2 saturated heterocycles. The van der Waals surface area contributed by atoms with Gasteiger partial charge in [0.15, 0.2) is 0 Å². The van der Waals surface area contributed by atoms with Crippen LogP contribution in [0.5, 0.6) is 0 Å². The van der Waals surface area contributed by atoms with Crippen LogP contribution in [0.3, 0.4) is 0 Å². The van der Waals surface area contributed by atoms with Crippen molar-refractivity contribution < 1.29 is 4.79 Å². The van der Waals surface area contributed by atoms with Gasteiger partial charge in [0, 0.05) is 6.54 Å². The fraction of sp³-hybridized carbons (Fsp3) is 0.588. The average Bonchev–Trinajstić information content (AvgIpc) is 2.96. The van der Waals surface area contributed by atoms with Crippen molar-refractivity contribution in [3.8, 4) is 0 Å². The molecule has 0 saturated carbocycles. The van der Waals surface area contributed by atoms with Gasteiger partial charge in [-0.05, 0) is 44.3 Å². The SMILES string of the molecule is N[C@H]1CCCN1C(=O)[C@H](c1ccccc1)N1CCCCC1. The summed E-state index contributed by atoms with van der Waals surface area (Å²) in [4.78, 5) is 17.3. The Balaban J connectivity index is 1.86. The summed E-state index contributed by atoms with van der Waals surface area (Å²) < 4.78 is 0. The minimum atomic E-state index is -0.157. The van der Waals surface area contributed by atoms with E-state index in [1.807, 2.05) is 23.1 Å². The van der Waals surface area contributed by atoms with Crippen molar-refractivity contribution in [3.05, 3.63) is 35.9 Å². The van der Waals surface area contributed by atoms with E-state index in [1.165, 1.54) is 19.3 Å². The molecule has 4 heteroatoms. The van der Waals surface area contributed by atoms with E-state index in [0.29, 0.717) is 0 Å². The van der Waals surface area contributed by atoms with Crippen LogP contribution in [0, 0.1) is 0 Å². The number of likely N-dealkylation sites (tertiary alicyclic amines) is 2. The van der Waals surface area contributed by atoms with Crippen LogP contribution in [-0.2, 0) is 4.79 Å². The fourth-order valence-corrected chi connectivity index (χ4v) is 3.54. The molecule has 21 heavy (non-hydrogen) atoms. The molecule has 0 unspecified atom stereocenters. The van der Waals surface area contributed by atoms with E-state index in [1.54, 1.807) is 0 Å². The van der Waals surface area contributed by atoms with Gasteiger partial charge in [0.1, 0.15) is 6.04 Å². The van der Waals surface area contributed by atoms with Gasteiger partial charge in [-0.25, -0.2) is 0 Å². The maximum absolute atomic E-state index is 13.1. The summed E-state index contributed by atoms with van der Waals surface area (Å²) in [7, 11) is 0. The molecule has 0 aromatic heterocycles. The van der Waals surface area contributed by atoms with Crippen LogP contribution in [0.2, 0.25) is 0 Å². The van der Waals surface area contributed by atoms with E-state index in [-0.39, 0.29) is 18.1 Å². The molecule has 3 rings (SSSR count). The summed E-state index contributed by atoms with van der Waals surface area (Å²) in [6.45, 7) is 2.82. The van der Waals surface area contributed by atoms with Gasteiger partial charge in [0.2, 0.25) is 5.91 Å². The lowest BCUT2D eigenvalue weighted by atomic mass is 10.0. The number of hydrogen-bond donors (Lipinski definition) is 1. The van der Waals surface area contributed by atoms with E-state index in [0.717, 1.165) is 38.0 Å². The average molecular weight is 287 g/mol. The first kappa shape index (κ1) is 14.5. The zero-order chi connectivity index (χ0) is 14.7. The van der Waals surface area contributed by atoms with Crippen LogP contribution in [0.25, 0.3) is 0 Å². The molecule has 1 aromatic carbocycles. The molecule has 0 bridgehead atoms. The summed E-state index contributed by atoms with van der Waals surface area (Å²) in [5.41, 5.74) is 7.21. The zero-order valence-electron chi connectivity index (χ0n) is 12.6. The lowest BCUT2D eigenvalue weighted by Crippen LogP contribution is -2.48. The van der Waals surface area contributed by atoms with E-state index < -0.39 is 0 Å². The number of nitrogens with two attached hydrogens (primary N) is 1. The number of amides is 1. The van der Waals surface area contributed by atoms with Gasteiger partial charge < -0.3 is 10.6 Å². The Labute approximate surface area is 126 Å². The first-order valence-electron chi connectivity index (χ1n) is 8.12. The number of carbonyl (C=O) groups excluding carboxylic acids is 1. The van der Waals surface area contributed by atoms with Crippen molar-refractivity contribution in [2.75, 3.05) is 19.6 Å². The predicted octanol–water partition coefficient (Wildman–Crippen LogP) is 2.12. The van der Waals surface area contributed by atoms with Crippen molar-refractivity contribution >= 4 is 5.91 Å². The second-order valence-corrected chi connectivity index (χ2v) is 6.15. The number of piperidine rings is 1. The standard InChI is InChI=1S/C17H25N3O/c18-15-10-7-13-20(15)17(21)16(14-8-3-1-4-9-14)19-11-5-2-6-12-19/h1,3-4,8-9,15-16H,2,5-7,10-13,18H2/t15-,16+/m1/s1. The van der Waals surface area contributed by atoms with Gasteiger partial charge in [-0.1, -0.05) is 36.8 Å². The molecule has 2 N–H and O–H groups in total. The summed E-state index contributed by atoms with van der Waals surface area (Å²) >= 11 is 0. The molecule has 1 amide bonds. The molecular weight excluding hydrogens is 262 g/mol. The van der Waals surface area contributed by atoms with Crippen LogP contribution in [0.4, 0.5) is 0 Å². The van der Waals surface area contributed by atoms with Crippen LogP contribution >= 0.6 is 0 Å². The smallest absolute Gasteiger partial charge is 0.245 e. The summed E-state index contributed by atoms with van der Waals surface area (Å²) in [5.74, 6) is 0.188. The first-order valence-corrected chi connectivity index (χ1v) is 8.12. The third kappa shape index (κ3) is 3.11. The molecule has 2 aliphatic heterocycles. The topological polar surface area (TPSA) is 49.6 Å². The predicted molar refractivity (Wildman–Crippen MR) is 83.5 cm³/mol. The highest BCUT2D eigenvalue weighted by Gasteiger charge is 2.35. The molecule has 2 aliphatic rings. The maximum atomic E-state index is 13.1. The van der Waals surface area contributed by atoms with Crippen LogP contribution in [0.15, 0.2) is 30.3 Å². The minimum Gasteiger partial charge on any atom is -0.326 e. The van der Waals surface area contributed by atoms with E-state index in [2.05, 4.69) is 17.0 Å². The van der Waals surface area contributed by atoms with Gasteiger partial charge in [-0.2, -0.15) is 0 Å². The quantitative estimate of drug-likeness (QED) is 0.926. The van der Waals surface area contributed by atoms with Crippen LogP contribution in [-0.4, -0.2) is 41.5 Å². The van der Waals surface area contributed by atoms with Crippen molar-refractivity contribution in [1.82, 2.24) is 9.80 Å². The van der Waals surface area contributed by atoms with Crippen molar-refractivity contribution in [2.45, 2.75) is 44.3 Å². The Morgan fingerprint density at radius 3 is 2.38 bits per heavy atom. The number of nitrogens with zero attached hydrogens (tertiary/aromatic N) is 2. The van der Waals surface area contributed by atoms with E-state index >= 15 is 0 Å². The Hall–Kier alpha value is -1.39. The molecule has 114 valence electrons. The highest BCUT2D eigenvalue weighted by molar-refractivity contribution is 5.83. The molecular formula is C17H25N3O. The Morgan fingerprint density at radius 2 is 1.76 bits per heavy atom. The summed E-state index contributed by atoms with van der Waals surface area (Å²) in [6, 6.07) is 10.0. The number of benzene rings is 1. The van der Waals surface area contributed by atoms with Gasteiger partial charge in [-0.3, -0.25) is 9.69 Å². The van der Waals surface area contributed by atoms with Crippen molar-refractivity contribution in [3.63, 3.8) is 0 Å². The maximum Gasteiger partial charge on any atom is 0.245 e. The zero-order valence-corrected chi connectivity index (χ0v) is 12.6. The largest absolute Gasteiger partial charge is 0.326 e. The van der Waals surface area contributed by atoms with E-state index in [4.69, 9.17) is 5.73 Å². The molecule has 2 heterocycles. The first-order chi connectivity index (χ1) is 10.3. The lowest BCUT2D eigenvalue weighted by molar-refractivity contribution is -0.138. The highest BCUT2D eigenvalue weighted by atomic mass is 16.2. The summed E-state index contributed by atoms with van der Waals surface area (Å²) in [6.07, 6.45) is 5.48. The van der Waals surface area contributed by atoms with Gasteiger partial charge in [0.05, 0.1) is 6.17 Å². The third-order valence-electron chi connectivity index (χ3n) is 4.69. The van der Waals surface area contributed by atoms with Crippen LogP contribution < -0.4 is 5.73 Å². The molecule has 0 spiro atoms. The summed E-state index contributed by atoms with van der Waals surface area (Å²) in [5, 5.41) is 0. The minimum absolute atomic E-state index is 0.103. The Bertz CT molecular complexity index is 470. The van der Waals surface area contributed by atoms with Crippen molar-refractivity contribution in [2.24, 2.45) is 5.73 Å². The Morgan fingerprint density at radius 1 is 1.05 bits per heavy atom. The molecule has 0 radical (unpaired) electrons. The number of rotatable bonds is 3. The van der Waals surface area contributed by atoms with Crippen LogP contribution in [0.1, 0.15) is 43.7 Å². The Kier molecular flexibility index (Phi) is 4.56. The molecule has 1 aromatic rings. The van der Waals surface area contributed by atoms with E-state index in [9.17, 15) is 4.79 Å². The molecule has 0 aliphatic carbocycles. The molecule has 4 nitrogen and oxygen atoms in total. The number of hydrogen-bond acceptors (Lipinski definition) is 3.